The fourth-order valence-electron chi connectivity index (χ4n) is 3.67. The van der Waals surface area contributed by atoms with E-state index < -0.39 is 11.7 Å². The molecule has 1 saturated carbocycles. The normalized spacial score (nSPS) is 21.1. The molecule has 1 N–H and O–H groups in total. The Hall–Kier alpha value is -1.23. The summed E-state index contributed by atoms with van der Waals surface area (Å²) >= 11 is 0. The van der Waals surface area contributed by atoms with Crippen molar-refractivity contribution in [2.24, 2.45) is 0 Å². The fraction of sp³-hybridized carbons (Fsp3) is 0.647. The van der Waals surface area contributed by atoms with Crippen molar-refractivity contribution in [2.45, 2.75) is 44.2 Å². The monoisotopic (exact) mass is 312 g/mol. The zero-order chi connectivity index (χ0) is 15.6. The molecule has 1 aromatic carbocycles. The first kappa shape index (κ1) is 15.7. The molecule has 22 heavy (non-hydrogen) atoms. The van der Waals surface area contributed by atoms with Gasteiger partial charge in [0.05, 0.1) is 5.56 Å². The minimum atomic E-state index is -4.26. The first-order valence-electron chi connectivity index (χ1n) is 8.22. The van der Waals surface area contributed by atoms with Crippen LogP contribution < -0.4 is 10.2 Å². The van der Waals surface area contributed by atoms with Crippen LogP contribution in [0.15, 0.2) is 18.2 Å². The lowest BCUT2D eigenvalue weighted by atomic mass is 9.82. The zero-order valence-corrected chi connectivity index (χ0v) is 12.8. The van der Waals surface area contributed by atoms with Crippen LogP contribution in [-0.4, -0.2) is 26.2 Å². The highest BCUT2D eigenvalue weighted by molar-refractivity contribution is 5.57. The first-order chi connectivity index (χ1) is 10.6. The number of piperazine rings is 1. The average Bonchev–Trinajstić information content (AvgIpc) is 2.55. The van der Waals surface area contributed by atoms with Crippen LogP contribution in [0.5, 0.6) is 0 Å². The molecule has 1 saturated heterocycles. The Morgan fingerprint density at radius 1 is 1.00 bits per heavy atom. The van der Waals surface area contributed by atoms with Gasteiger partial charge in [0.2, 0.25) is 0 Å². The van der Waals surface area contributed by atoms with Crippen LogP contribution in [0.4, 0.5) is 18.9 Å². The van der Waals surface area contributed by atoms with Gasteiger partial charge in [-0.3, -0.25) is 0 Å². The standard InChI is InChI=1S/C17H23F3N2/c18-17(19,20)14-6-7-16(22-10-8-21-9-11-22)15(12-14)13-4-2-1-3-5-13/h6-7,12-13,21H,1-5,8-11H2. The fourth-order valence-corrected chi connectivity index (χ4v) is 3.67. The summed E-state index contributed by atoms with van der Waals surface area (Å²) in [5, 5.41) is 3.30. The third-order valence-electron chi connectivity index (χ3n) is 4.86. The summed E-state index contributed by atoms with van der Waals surface area (Å²) in [6, 6.07) is 4.34. The Morgan fingerprint density at radius 2 is 1.68 bits per heavy atom. The van der Waals surface area contributed by atoms with Gasteiger partial charge < -0.3 is 10.2 Å². The number of nitrogens with one attached hydrogen (secondary N) is 1. The van der Waals surface area contributed by atoms with Crippen molar-refractivity contribution in [3.8, 4) is 0 Å². The molecule has 1 aromatic rings. The Bertz CT molecular complexity index is 501. The van der Waals surface area contributed by atoms with Crippen LogP contribution >= 0.6 is 0 Å². The van der Waals surface area contributed by atoms with Gasteiger partial charge in [-0.05, 0) is 42.5 Å². The summed E-state index contributed by atoms with van der Waals surface area (Å²) in [7, 11) is 0. The van der Waals surface area contributed by atoms with Gasteiger partial charge in [-0.15, -0.1) is 0 Å². The van der Waals surface area contributed by atoms with Gasteiger partial charge in [-0.1, -0.05) is 19.3 Å². The van der Waals surface area contributed by atoms with Gasteiger partial charge in [0.1, 0.15) is 0 Å². The third kappa shape index (κ3) is 3.40. The lowest BCUT2D eigenvalue weighted by molar-refractivity contribution is -0.137. The van der Waals surface area contributed by atoms with Crippen molar-refractivity contribution in [3.63, 3.8) is 0 Å². The maximum absolute atomic E-state index is 13.1. The van der Waals surface area contributed by atoms with E-state index in [2.05, 4.69) is 10.2 Å². The number of benzene rings is 1. The van der Waals surface area contributed by atoms with E-state index in [0.717, 1.165) is 63.1 Å². The summed E-state index contributed by atoms with van der Waals surface area (Å²) in [6.45, 7) is 3.52. The molecule has 122 valence electrons. The number of halogens is 3. The minimum Gasteiger partial charge on any atom is -0.369 e. The Kier molecular flexibility index (Phi) is 4.62. The number of anilines is 1. The van der Waals surface area contributed by atoms with Crippen molar-refractivity contribution < 1.29 is 13.2 Å². The van der Waals surface area contributed by atoms with Crippen LogP contribution in [0.2, 0.25) is 0 Å². The molecule has 0 unspecified atom stereocenters. The van der Waals surface area contributed by atoms with Crippen LogP contribution in [-0.2, 0) is 6.18 Å². The molecule has 5 heteroatoms. The Morgan fingerprint density at radius 3 is 2.32 bits per heavy atom. The van der Waals surface area contributed by atoms with E-state index in [1.165, 1.54) is 18.6 Å². The van der Waals surface area contributed by atoms with Gasteiger partial charge >= 0.3 is 6.18 Å². The Labute approximate surface area is 129 Å². The molecule has 0 atom stereocenters. The number of hydrogen-bond acceptors (Lipinski definition) is 2. The number of nitrogens with zero attached hydrogens (tertiary/aromatic N) is 1. The predicted octanol–water partition coefficient (Wildman–Crippen LogP) is 4.16. The maximum atomic E-state index is 13.1. The third-order valence-corrected chi connectivity index (χ3v) is 4.86. The van der Waals surface area contributed by atoms with Crippen molar-refractivity contribution in [2.75, 3.05) is 31.1 Å². The molecular formula is C17H23F3N2. The molecule has 1 heterocycles. The van der Waals surface area contributed by atoms with Gasteiger partial charge in [0, 0.05) is 31.9 Å². The summed E-state index contributed by atoms with van der Waals surface area (Å²) in [5.41, 5.74) is 1.42. The van der Waals surface area contributed by atoms with E-state index in [9.17, 15) is 13.2 Å². The van der Waals surface area contributed by atoms with Gasteiger partial charge in [0.15, 0.2) is 0 Å². The van der Waals surface area contributed by atoms with Gasteiger partial charge in [-0.25, -0.2) is 0 Å². The van der Waals surface area contributed by atoms with E-state index in [0.29, 0.717) is 0 Å². The molecule has 0 aromatic heterocycles. The lowest BCUT2D eigenvalue weighted by Crippen LogP contribution is -2.44. The van der Waals surface area contributed by atoms with E-state index in [1.807, 2.05) is 0 Å². The second kappa shape index (κ2) is 6.49. The van der Waals surface area contributed by atoms with Crippen molar-refractivity contribution in [3.05, 3.63) is 29.3 Å². The van der Waals surface area contributed by atoms with Crippen LogP contribution in [0.1, 0.15) is 49.1 Å². The molecule has 0 bridgehead atoms. The molecule has 2 aliphatic rings. The van der Waals surface area contributed by atoms with Crippen molar-refractivity contribution in [1.82, 2.24) is 5.32 Å². The van der Waals surface area contributed by atoms with Crippen molar-refractivity contribution >= 4 is 5.69 Å². The topological polar surface area (TPSA) is 15.3 Å². The summed E-state index contributed by atoms with van der Waals surface area (Å²) in [6.07, 6.45) is 1.23. The Balaban J connectivity index is 1.96. The number of alkyl halides is 3. The minimum absolute atomic E-state index is 0.279. The molecule has 0 radical (unpaired) electrons. The summed E-state index contributed by atoms with van der Waals surface area (Å²) in [4.78, 5) is 2.24. The van der Waals surface area contributed by atoms with E-state index in [-0.39, 0.29) is 5.92 Å². The van der Waals surface area contributed by atoms with Crippen LogP contribution in [0.3, 0.4) is 0 Å². The molecular weight excluding hydrogens is 289 g/mol. The molecule has 0 amide bonds. The van der Waals surface area contributed by atoms with E-state index in [4.69, 9.17) is 0 Å². The van der Waals surface area contributed by atoms with Crippen LogP contribution in [0, 0.1) is 0 Å². The van der Waals surface area contributed by atoms with E-state index in [1.54, 1.807) is 6.07 Å². The zero-order valence-electron chi connectivity index (χ0n) is 12.8. The van der Waals surface area contributed by atoms with E-state index >= 15 is 0 Å². The highest BCUT2D eigenvalue weighted by Crippen LogP contribution is 2.41. The highest BCUT2D eigenvalue weighted by atomic mass is 19.4. The number of rotatable bonds is 2. The largest absolute Gasteiger partial charge is 0.416 e. The molecule has 2 fully saturated rings. The summed E-state index contributed by atoms with van der Waals surface area (Å²) in [5.74, 6) is 0.279. The average molecular weight is 312 g/mol. The molecule has 3 rings (SSSR count). The first-order valence-corrected chi connectivity index (χ1v) is 8.22. The second-order valence-corrected chi connectivity index (χ2v) is 6.34. The SMILES string of the molecule is FC(F)(F)c1ccc(N2CCNCC2)c(C2CCCCC2)c1. The second-order valence-electron chi connectivity index (χ2n) is 6.34. The molecule has 1 aliphatic heterocycles. The lowest BCUT2D eigenvalue weighted by Gasteiger charge is -2.34. The number of hydrogen-bond donors (Lipinski definition) is 1. The molecule has 1 aliphatic carbocycles. The van der Waals surface area contributed by atoms with Crippen molar-refractivity contribution in [1.29, 1.82) is 0 Å². The molecule has 2 nitrogen and oxygen atoms in total. The highest BCUT2D eigenvalue weighted by Gasteiger charge is 2.32. The predicted molar refractivity (Wildman–Crippen MR) is 82.4 cm³/mol. The molecule has 0 spiro atoms. The quantitative estimate of drug-likeness (QED) is 0.882. The van der Waals surface area contributed by atoms with Gasteiger partial charge in [-0.2, -0.15) is 13.2 Å². The summed E-state index contributed by atoms with van der Waals surface area (Å²) < 4.78 is 39.3. The van der Waals surface area contributed by atoms with Crippen LogP contribution in [0.25, 0.3) is 0 Å². The maximum Gasteiger partial charge on any atom is 0.416 e. The smallest absolute Gasteiger partial charge is 0.369 e. The van der Waals surface area contributed by atoms with Gasteiger partial charge in [0.25, 0.3) is 0 Å².